The second kappa shape index (κ2) is 5.02. The van der Waals surface area contributed by atoms with Crippen LogP contribution in [0.1, 0.15) is 18.6 Å². The molecule has 0 aliphatic carbocycles. The minimum atomic E-state index is 0.155. The van der Waals surface area contributed by atoms with Crippen LogP contribution in [0.25, 0.3) is 0 Å². The van der Waals surface area contributed by atoms with Crippen LogP contribution in [-0.4, -0.2) is 30.8 Å². The van der Waals surface area contributed by atoms with E-state index in [1.54, 1.807) is 6.07 Å². The Hall–Kier alpha value is -0.800. The number of piperidine rings is 1. The van der Waals surface area contributed by atoms with Crippen LogP contribution in [0.3, 0.4) is 0 Å². The molecule has 2 rings (SSSR count). The molecule has 88 valence electrons. The minimum Gasteiger partial charge on any atom is -0.450 e. The van der Waals surface area contributed by atoms with Crippen molar-refractivity contribution >= 4 is 17.4 Å². The molecule has 0 saturated carbocycles. The number of nitrogens with zero attached hydrogens (tertiary/aromatic N) is 1. The van der Waals surface area contributed by atoms with Crippen molar-refractivity contribution in [3.63, 3.8) is 0 Å². The molecule has 1 fully saturated rings. The monoisotopic (exact) mass is 241 g/mol. The summed E-state index contributed by atoms with van der Waals surface area (Å²) in [5.41, 5.74) is 0. The average molecular weight is 242 g/mol. The number of carbonyl (C=O) groups is 1. The molecule has 0 N–H and O–H groups in total. The Bertz CT molecular complexity index is 375. The molecule has 0 aromatic carbocycles. The van der Waals surface area contributed by atoms with Crippen molar-refractivity contribution in [2.45, 2.75) is 19.3 Å². The molecule has 0 amide bonds. The first-order chi connectivity index (χ1) is 7.65. The van der Waals surface area contributed by atoms with E-state index in [9.17, 15) is 4.79 Å². The summed E-state index contributed by atoms with van der Waals surface area (Å²) >= 11 is 5.69. The normalized spacial score (nSPS) is 22.6. The zero-order chi connectivity index (χ0) is 11.5. The number of furan rings is 1. The van der Waals surface area contributed by atoms with Gasteiger partial charge in [-0.15, -0.1) is 0 Å². The van der Waals surface area contributed by atoms with Gasteiger partial charge < -0.3 is 9.32 Å². The molecule has 1 atom stereocenters. The predicted octanol–water partition coefficient (Wildman–Crippen LogP) is 2.39. The van der Waals surface area contributed by atoms with Crippen molar-refractivity contribution in [3.05, 3.63) is 23.1 Å². The summed E-state index contributed by atoms with van der Waals surface area (Å²) in [4.78, 5) is 13.9. The first-order valence-electron chi connectivity index (χ1n) is 5.60. The summed E-state index contributed by atoms with van der Waals surface area (Å²) in [6, 6.07) is 3.62. The van der Waals surface area contributed by atoms with Crippen molar-refractivity contribution in [2.75, 3.05) is 20.1 Å². The van der Waals surface area contributed by atoms with Crippen molar-refractivity contribution in [3.8, 4) is 0 Å². The summed E-state index contributed by atoms with van der Waals surface area (Å²) < 4.78 is 5.28. The lowest BCUT2D eigenvalue weighted by molar-refractivity contribution is -0.126. The highest BCUT2D eigenvalue weighted by Gasteiger charge is 2.24. The van der Waals surface area contributed by atoms with E-state index < -0.39 is 0 Å². The van der Waals surface area contributed by atoms with Gasteiger partial charge in [0.2, 0.25) is 0 Å². The summed E-state index contributed by atoms with van der Waals surface area (Å²) in [5, 5.41) is 0.419. The van der Waals surface area contributed by atoms with Gasteiger partial charge in [0.25, 0.3) is 0 Å². The van der Waals surface area contributed by atoms with Crippen LogP contribution in [0, 0.1) is 5.92 Å². The third kappa shape index (κ3) is 2.86. The Balaban J connectivity index is 1.87. The Kier molecular flexibility index (Phi) is 3.66. The number of aryl methyl sites for hydroxylation is 1. The standard InChI is InChI=1S/C12H16ClNO2/c1-14-7-6-11(15)9(8-14)2-3-10-4-5-12(13)16-10/h4-5,9H,2-3,6-8H2,1H3. The lowest BCUT2D eigenvalue weighted by Gasteiger charge is -2.28. The second-order valence-electron chi connectivity index (χ2n) is 4.42. The van der Waals surface area contributed by atoms with Crippen LogP contribution in [0.2, 0.25) is 5.22 Å². The van der Waals surface area contributed by atoms with Crippen molar-refractivity contribution in [2.24, 2.45) is 5.92 Å². The van der Waals surface area contributed by atoms with Gasteiger partial charge in [0.1, 0.15) is 11.5 Å². The van der Waals surface area contributed by atoms with Crippen LogP contribution in [-0.2, 0) is 11.2 Å². The van der Waals surface area contributed by atoms with E-state index in [-0.39, 0.29) is 5.92 Å². The van der Waals surface area contributed by atoms with Crippen LogP contribution < -0.4 is 0 Å². The molecular weight excluding hydrogens is 226 g/mol. The predicted molar refractivity (Wildman–Crippen MR) is 62.7 cm³/mol. The average Bonchev–Trinajstić information content (AvgIpc) is 2.66. The summed E-state index contributed by atoms with van der Waals surface area (Å²) in [6.07, 6.45) is 2.32. The number of hydrogen-bond donors (Lipinski definition) is 0. The second-order valence-corrected chi connectivity index (χ2v) is 4.79. The van der Waals surface area contributed by atoms with Gasteiger partial charge in [-0.1, -0.05) is 0 Å². The molecule has 1 aromatic heterocycles. The van der Waals surface area contributed by atoms with Crippen LogP contribution in [0.15, 0.2) is 16.5 Å². The third-order valence-corrected chi connectivity index (χ3v) is 3.30. The molecule has 4 heteroatoms. The van der Waals surface area contributed by atoms with Crippen molar-refractivity contribution < 1.29 is 9.21 Å². The number of likely N-dealkylation sites (tertiary alicyclic amines) is 1. The highest BCUT2D eigenvalue weighted by Crippen LogP contribution is 2.20. The molecule has 1 saturated heterocycles. The fraction of sp³-hybridized carbons (Fsp3) is 0.583. The maximum absolute atomic E-state index is 11.7. The first-order valence-corrected chi connectivity index (χ1v) is 5.98. The number of ketones is 1. The Labute approximate surface area is 100 Å². The van der Waals surface area contributed by atoms with Gasteiger partial charge in [-0.05, 0) is 37.2 Å². The third-order valence-electron chi connectivity index (χ3n) is 3.10. The quantitative estimate of drug-likeness (QED) is 0.815. The van der Waals surface area contributed by atoms with Gasteiger partial charge in [0.15, 0.2) is 5.22 Å². The SMILES string of the molecule is CN1CCC(=O)C(CCc2ccc(Cl)o2)C1. The van der Waals surface area contributed by atoms with Gasteiger partial charge >= 0.3 is 0 Å². The highest BCUT2D eigenvalue weighted by atomic mass is 35.5. The molecule has 3 nitrogen and oxygen atoms in total. The van der Waals surface area contributed by atoms with Gasteiger partial charge in [-0.3, -0.25) is 4.79 Å². The van der Waals surface area contributed by atoms with Gasteiger partial charge in [-0.25, -0.2) is 0 Å². The zero-order valence-corrected chi connectivity index (χ0v) is 10.2. The Morgan fingerprint density at radius 3 is 3.06 bits per heavy atom. The molecule has 0 spiro atoms. The minimum absolute atomic E-state index is 0.155. The van der Waals surface area contributed by atoms with E-state index in [4.69, 9.17) is 16.0 Å². The fourth-order valence-corrected chi connectivity index (χ4v) is 2.29. The van der Waals surface area contributed by atoms with E-state index in [0.29, 0.717) is 17.4 Å². The molecule has 1 aliphatic heterocycles. The topological polar surface area (TPSA) is 33.5 Å². The van der Waals surface area contributed by atoms with Crippen LogP contribution in [0.5, 0.6) is 0 Å². The molecule has 0 bridgehead atoms. The zero-order valence-electron chi connectivity index (χ0n) is 9.41. The Morgan fingerprint density at radius 1 is 1.56 bits per heavy atom. The molecule has 16 heavy (non-hydrogen) atoms. The number of halogens is 1. The molecule has 0 radical (unpaired) electrons. The summed E-state index contributed by atoms with van der Waals surface area (Å²) in [7, 11) is 2.06. The van der Waals surface area contributed by atoms with E-state index in [0.717, 1.165) is 31.7 Å². The highest BCUT2D eigenvalue weighted by molar-refractivity contribution is 6.28. The largest absolute Gasteiger partial charge is 0.450 e. The summed E-state index contributed by atoms with van der Waals surface area (Å²) in [6.45, 7) is 1.76. The maximum Gasteiger partial charge on any atom is 0.193 e. The van der Waals surface area contributed by atoms with E-state index >= 15 is 0 Å². The van der Waals surface area contributed by atoms with Crippen molar-refractivity contribution in [1.82, 2.24) is 4.90 Å². The number of carbonyl (C=O) groups excluding carboxylic acids is 1. The van der Waals surface area contributed by atoms with E-state index in [2.05, 4.69) is 11.9 Å². The smallest absolute Gasteiger partial charge is 0.193 e. The molecular formula is C12H16ClNO2. The fourth-order valence-electron chi connectivity index (χ4n) is 2.13. The number of hydrogen-bond acceptors (Lipinski definition) is 3. The molecule has 1 aliphatic rings. The van der Waals surface area contributed by atoms with Gasteiger partial charge in [-0.2, -0.15) is 0 Å². The van der Waals surface area contributed by atoms with E-state index in [1.807, 2.05) is 6.07 Å². The van der Waals surface area contributed by atoms with Crippen LogP contribution in [0.4, 0.5) is 0 Å². The van der Waals surface area contributed by atoms with E-state index in [1.165, 1.54) is 0 Å². The molecule has 2 heterocycles. The molecule has 1 unspecified atom stereocenters. The van der Waals surface area contributed by atoms with Crippen LogP contribution >= 0.6 is 11.6 Å². The lowest BCUT2D eigenvalue weighted by atomic mass is 9.92. The Morgan fingerprint density at radius 2 is 2.38 bits per heavy atom. The first kappa shape index (κ1) is 11.7. The van der Waals surface area contributed by atoms with Gasteiger partial charge in [0, 0.05) is 31.8 Å². The maximum atomic E-state index is 11.7. The van der Waals surface area contributed by atoms with Gasteiger partial charge in [0.05, 0.1) is 0 Å². The number of Topliss-reactive ketones (excluding diaryl/α,β-unsaturated/α-hetero) is 1. The summed E-state index contributed by atoms with van der Waals surface area (Å²) in [5.74, 6) is 1.41. The van der Waals surface area contributed by atoms with Crippen molar-refractivity contribution in [1.29, 1.82) is 0 Å². The number of rotatable bonds is 3. The lowest BCUT2D eigenvalue weighted by Crippen LogP contribution is -2.38. The molecule has 1 aromatic rings.